The molecule has 1 aromatic heterocycles. The molecule has 2 heterocycles. The Morgan fingerprint density at radius 1 is 1.11 bits per heavy atom. The molecular weight excluding hydrogens is 400 g/mol. The Morgan fingerprint density at radius 2 is 1.70 bits per heavy atom. The van der Waals surface area contributed by atoms with Gasteiger partial charge in [0.15, 0.2) is 0 Å². The van der Waals surface area contributed by atoms with Gasteiger partial charge in [0.1, 0.15) is 5.75 Å². The van der Waals surface area contributed by atoms with Gasteiger partial charge in [0.05, 0.1) is 0 Å². The summed E-state index contributed by atoms with van der Waals surface area (Å²) in [6.45, 7) is 16.4. The third-order valence-electron chi connectivity index (χ3n) is 5.65. The number of ether oxygens (including phenoxy) is 1. The quantitative estimate of drug-likeness (QED) is 0.518. The smallest absolute Gasteiger partial charge is 0.225 e. The van der Waals surface area contributed by atoms with Crippen molar-refractivity contribution in [3.8, 4) is 11.6 Å². The zero-order chi connectivity index (χ0) is 19.9. The average Bonchev–Trinajstić information content (AvgIpc) is 2.83. The van der Waals surface area contributed by atoms with Crippen molar-refractivity contribution >= 4 is 21.6 Å². The molecule has 0 unspecified atom stereocenters. The van der Waals surface area contributed by atoms with Crippen LogP contribution in [0.1, 0.15) is 62.9 Å². The van der Waals surface area contributed by atoms with E-state index in [2.05, 4.69) is 87.5 Å². The van der Waals surface area contributed by atoms with Crippen molar-refractivity contribution in [3.63, 3.8) is 0 Å². The summed E-state index contributed by atoms with van der Waals surface area (Å²) in [6.07, 6.45) is 2.29. The summed E-state index contributed by atoms with van der Waals surface area (Å²) in [5, 5.41) is 0. The van der Waals surface area contributed by atoms with Crippen LogP contribution in [0.25, 0.3) is 0 Å². The molecule has 1 aromatic carbocycles. The number of halogens is 1. The second-order valence-electron chi connectivity index (χ2n) is 8.42. The van der Waals surface area contributed by atoms with E-state index in [4.69, 9.17) is 9.72 Å². The molecule has 0 saturated heterocycles. The molecule has 0 radical (unpaired) electrons. The van der Waals surface area contributed by atoms with Crippen molar-refractivity contribution in [1.82, 2.24) is 4.98 Å². The topological polar surface area (TPSA) is 25.4 Å². The van der Waals surface area contributed by atoms with Gasteiger partial charge >= 0.3 is 0 Å². The minimum Gasteiger partial charge on any atom is -0.438 e. The molecule has 0 N–H and O–H groups in total. The first-order chi connectivity index (χ1) is 12.7. The number of anilines is 1. The van der Waals surface area contributed by atoms with E-state index >= 15 is 0 Å². The van der Waals surface area contributed by atoms with Crippen LogP contribution < -0.4 is 9.64 Å². The van der Waals surface area contributed by atoms with Crippen molar-refractivity contribution in [2.45, 2.75) is 72.8 Å². The molecule has 0 fully saturated rings. The van der Waals surface area contributed by atoms with E-state index < -0.39 is 0 Å². The first-order valence-corrected chi connectivity index (χ1v) is 10.7. The highest BCUT2D eigenvalue weighted by Crippen LogP contribution is 2.48. The summed E-state index contributed by atoms with van der Waals surface area (Å²) in [7, 11) is 0. The van der Waals surface area contributed by atoms with Gasteiger partial charge in [-0.3, -0.25) is 0 Å². The van der Waals surface area contributed by atoms with E-state index in [-0.39, 0.29) is 5.41 Å². The maximum absolute atomic E-state index is 6.49. The Hall–Kier alpha value is -1.55. The molecule has 3 nitrogen and oxygen atoms in total. The van der Waals surface area contributed by atoms with E-state index in [0.717, 1.165) is 52.3 Å². The number of rotatable bonds is 5. The van der Waals surface area contributed by atoms with Crippen LogP contribution in [-0.2, 0) is 5.41 Å². The number of fused-ring (bicyclic) bond motifs is 1. The summed E-state index contributed by atoms with van der Waals surface area (Å²) in [5.41, 5.74) is 5.78. The van der Waals surface area contributed by atoms with Crippen LogP contribution in [0.2, 0.25) is 0 Å². The summed E-state index contributed by atoms with van der Waals surface area (Å²) in [5.74, 6) is 1.67. The fourth-order valence-corrected chi connectivity index (χ4v) is 5.05. The van der Waals surface area contributed by atoms with Gasteiger partial charge in [0.25, 0.3) is 0 Å². The molecule has 1 aliphatic heterocycles. The SMILES string of the molecule is CCC(CC)N1CC(C)(C)c2c1cc(C)nc2Oc1c(C)cc(Br)cc1C. The molecule has 2 aromatic rings. The molecule has 3 rings (SSSR count). The van der Waals surface area contributed by atoms with E-state index in [9.17, 15) is 0 Å². The van der Waals surface area contributed by atoms with Crippen molar-refractivity contribution in [2.24, 2.45) is 0 Å². The maximum Gasteiger partial charge on any atom is 0.225 e. The van der Waals surface area contributed by atoms with Crippen LogP contribution in [0.4, 0.5) is 5.69 Å². The highest BCUT2D eigenvalue weighted by atomic mass is 79.9. The molecule has 27 heavy (non-hydrogen) atoms. The number of benzene rings is 1. The standard InChI is InChI=1S/C23H31BrN2O/c1-8-18(9-2)26-13-23(6,7)20-19(26)12-16(5)25-22(20)27-21-14(3)10-17(24)11-15(21)4/h10-12,18H,8-9,13H2,1-7H3. The number of aromatic nitrogens is 1. The number of pyridine rings is 1. The molecule has 0 aliphatic carbocycles. The molecule has 0 amide bonds. The molecule has 4 heteroatoms. The first-order valence-electron chi connectivity index (χ1n) is 9.91. The molecule has 1 aliphatic rings. The van der Waals surface area contributed by atoms with Crippen LogP contribution in [-0.4, -0.2) is 17.6 Å². The molecule has 146 valence electrons. The molecule has 0 spiro atoms. The number of hydrogen-bond acceptors (Lipinski definition) is 3. The largest absolute Gasteiger partial charge is 0.438 e. The predicted octanol–water partition coefficient (Wildman–Crippen LogP) is 6.85. The minimum absolute atomic E-state index is 0.00509. The lowest BCUT2D eigenvalue weighted by Gasteiger charge is -2.30. The van der Waals surface area contributed by atoms with Crippen LogP contribution in [0.15, 0.2) is 22.7 Å². The van der Waals surface area contributed by atoms with Gasteiger partial charge in [-0.05, 0) is 62.9 Å². The van der Waals surface area contributed by atoms with E-state index in [1.165, 1.54) is 11.3 Å². The van der Waals surface area contributed by atoms with E-state index in [0.29, 0.717) is 6.04 Å². The lowest BCUT2D eigenvalue weighted by Crippen LogP contribution is -2.36. The van der Waals surface area contributed by atoms with E-state index in [1.54, 1.807) is 0 Å². The highest BCUT2D eigenvalue weighted by molar-refractivity contribution is 9.10. The first kappa shape index (κ1) is 20.2. The van der Waals surface area contributed by atoms with Gasteiger partial charge in [0.2, 0.25) is 5.88 Å². The van der Waals surface area contributed by atoms with Crippen molar-refractivity contribution in [1.29, 1.82) is 0 Å². The number of hydrogen-bond donors (Lipinski definition) is 0. The zero-order valence-corrected chi connectivity index (χ0v) is 19.2. The summed E-state index contributed by atoms with van der Waals surface area (Å²) in [6, 6.07) is 6.98. The van der Waals surface area contributed by atoms with Gasteiger partial charge in [-0.25, -0.2) is 4.98 Å². The van der Waals surface area contributed by atoms with Crippen molar-refractivity contribution in [2.75, 3.05) is 11.4 Å². The normalized spacial score (nSPS) is 15.4. The van der Waals surface area contributed by atoms with Crippen LogP contribution in [0, 0.1) is 20.8 Å². The van der Waals surface area contributed by atoms with E-state index in [1.807, 2.05) is 0 Å². The summed E-state index contributed by atoms with van der Waals surface area (Å²) in [4.78, 5) is 7.39. The van der Waals surface area contributed by atoms with Gasteiger partial charge in [-0.1, -0.05) is 43.6 Å². The highest BCUT2D eigenvalue weighted by Gasteiger charge is 2.41. The monoisotopic (exact) mass is 430 g/mol. The molecule has 0 bridgehead atoms. The maximum atomic E-state index is 6.49. The second kappa shape index (κ2) is 7.46. The Kier molecular flexibility index (Phi) is 5.58. The summed E-state index contributed by atoms with van der Waals surface area (Å²) < 4.78 is 7.57. The van der Waals surface area contributed by atoms with Gasteiger partial charge in [0, 0.05) is 39.4 Å². The van der Waals surface area contributed by atoms with Crippen LogP contribution >= 0.6 is 15.9 Å². The van der Waals surface area contributed by atoms with Crippen molar-refractivity contribution in [3.05, 3.63) is 45.1 Å². The van der Waals surface area contributed by atoms with Gasteiger partial charge in [-0.15, -0.1) is 0 Å². The number of aryl methyl sites for hydroxylation is 3. The lowest BCUT2D eigenvalue weighted by molar-refractivity contribution is 0.428. The van der Waals surface area contributed by atoms with Crippen LogP contribution in [0.5, 0.6) is 11.6 Å². The zero-order valence-electron chi connectivity index (χ0n) is 17.6. The Morgan fingerprint density at radius 3 is 2.26 bits per heavy atom. The molecule has 0 saturated carbocycles. The van der Waals surface area contributed by atoms with Gasteiger partial charge < -0.3 is 9.64 Å². The van der Waals surface area contributed by atoms with Crippen LogP contribution in [0.3, 0.4) is 0 Å². The third kappa shape index (κ3) is 3.73. The predicted molar refractivity (Wildman–Crippen MR) is 117 cm³/mol. The van der Waals surface area contributed by atoms with Gasteiger partial charge in [-0.2, -0.15) is 0 Å². The Balaban J connectivity index is 2.13. The molecule has 0 atom stereocenters. The third-order valence-corrected chi connectivity index (χ3v) is 6.11. The average molecular weight is 431 g/mol. The van der Waals surface area contributed by atoms with Crippen molar-refractivity contribution < 1.29 is 4.74 Å². The molecular formula is C23H31BrN2O. The Bertz CT molecular complexity index is 833. The summed E-state index contributed by atoms with van der Waals surface area (Å²) >= 11 is 3.57. The number of nitrogens with zero attached hydrogens (tertiary/aromatic N) is 2. The Labute approximate surface area is 172 Å². The fraction of sp³-hybridized carbons (Fsp3) is 0.522. The second-order valence-corrected chi connectivity index (χ2v) is 9.33. The minimum atomic E-state index is 0.00509. The lowest BCUT2D eigenvalue weighted by atomic mass is 9.87. The fourth-order valence-electron chi connectivity index (χ4n) is 4.36.